The summed E-state index contributed by atoms with van der Waals surface area (Å²) in [7, 11) is -3.06. The molecule has 1 aromatic heterocycles. The summed E-state index contributed by atoms with van der Waals surface area (Å²) in [5.41, 5.74) is 1.86. The molecule has 1 N–H and O–H groups in total. The Morgan fingerprint density at radius 1 is 1.26 bits per heavy atom. The largest absolute Gasteiger partial charge is 0.285 e. The first kappa shape index (κ1) is 14.3. The SMILES string of the molecule is O=S(=O)(CCCc1cn[nH]c1)Cc1cccc(Br)c1. The second kappa shape index (κ2) is 6.34. The van der Waals surface area contributed by atoms with Gasteiger partial charge in [0.05, 0.1) is 17.7 Å². The van der Waals surface area contributed by atoms with Gasteiger partial charge in [-0.15, -0.1) is 0 Å². The number of rotatable bonds is 6. The van der Waals surface area contributed by atoms with E-state index >= 15 is 0 Å². The van der Waals surface area contributed by atoms with Gasteiger partial charge in [-0.1, -0.05) is 28.1 Å². The monoisotopic (exact) mass is 342 g/mol. The molecule has 0 amide bonds. The molecular formula is C13H15BrN2O2S. The van der Waals surface area contributed by atoms with Crippen molar-refractivity contribution in [3.8, 4) is 0 Å². The van der Waals surface area contributed by atoms with Crippen LogP contribution in [0.2, 0.25) is 0 Å². The number of sulfone groups is 1. The maximum atomic E-state index is 12.0. The standard InChI is InChI=1S/C13H15BrN2O2S/c14-13-5-1-3-11(7-13)10-19(17,18)6-2-4-12-8-15-16-9-12/h1,3,5,7-9H,2,4,6,10H2,(H,15,16). The highest BCUT2D eigenvalue weighted by atomic mass is 79.9. The van der Waals surface area contributed by atoms with Crippen molar-refractivity contribution >= 4 is 25.8 Å². The van der Waals surface area contributed by atoms with E-state index in [4.69, 9.17) is 0 Å². The van der Waals surface area contributed by atoms with Crippen LogP contribution in [0.5, 0.6) is 0 Å². The molecule has 0 radical (unpaired) electrons. The Bertz CT molecular complexity index is 624. The lowest BCUT2D eigenvalue weighted by molar-refractivity contribution is 0.592. The average molecular weight is 343 g/mol. The van der Waals surface area contributed by atoms with E-state index in [1.165, 1.54) is 0 Å². The highest BCUT2D eigenvalue weighted by Gasteiger charge is 2.12. The lowest BCUT2D eigenvalue weighted by atomic mass is 10.2. The molecule has 0 spiro atoms. The van der Waals surface area contributed by atoms with Gasteiger partial charge < -0.3 is 0 Å². The number of aromatic nitrogens is 2. The molecule has 0 fully saturated rings. The summed E-state index contributed by atoms with van der Waals surface area (Å²) in [5.74, 6) is 0.294. The van der Waals surface area contributed by atoms with E-state index in [1.807, 2.05) is 24.3 Å². The minimum Gasteiger partial charge on any atom is -0.285 e. The van der Waals surface area contributed by atoms with Crippen molar-refractivity contribution < 1.29 is 8.42 Å². The zero-order valence-corrected chi connectivity index (χ0v) is 12.7. The van der Waals surface area contributed by atoms with Gasteiger partial charge in [0.25, 0.3) is 0 Å². The molecule has 0 saturated heterocycles. The minimum absolute atomic E-state index is 0.0951. The molecule has 1 heterocycles. The van der Waals surface area contributed by atoms with Crippen LogP contribution in [0.1, 0.15) is 17.5 Å². The van der Waals surface area contributed by atoms with E-state index in [2.05, 4.69) is 26.1 Å². The van der Waals surface area contributed by atoms with Crippen molar-refractivity contribution in [1.82, 2.24) is 10.2 Å². The molecule has 6 heteroatoms. The van der Waals surface area contributed by atoms with Crippen LogP contribution < -0.4 is 0 Å². The van der Waals surface area contributed by atoms with Gasteiger partial charge in [0, 0.05) is 10.7 Å². The first-order valence-electron chi connectivity index (χ1n) is 5.98. The van der Waals surface area contributed by atoms with Gasteiger partial charge >= 0.3 is 0 Å². The lowest BCUT2D eigenvalue weighted by Crippen LogP contribution is -2.10. The summed E-state index contributed by atoms with van der Waals surface area (Å²) < 4.78 is 24.9. The molecule has 0 saturated carbocycles. The van der Waals surface area contributed by atoms with Crippen molar-refractivity contribution in [1.29, 1.82) is 0 Å². The molecule has 0 unspecified atom stereocenters. The summed E-state index contributed by atoms with van der Waals surface area (Å²) in [4.78, 5) is 0. The maximum Gasteiger partial charge on any atom is 0.154 e. The predicted molar refractivity (Wildman–Crippen MR) is 78.5 cm³/mol. The maximum absolute atomic E-state index is 12.0. The van der Waals surface area contributed by atoms with Crippen LogP contribution in [-0.2, 0) is 22.0 Å². The Balaban J connectivity index is 1.88. The second-order valence-corrected chi connectivity index (χ2v) is 7.53. The smallest absolute Gasteiger partial charge is 0.154 e. The molecular weight excluding hydrogens is 328 g/mol. The van der Waals surface area contributed by atoms with Crippen LogP contribution in [0.15, 0.2) is 41.1 Å². The van der Waals surface area contributed by atoms with Gasteiger partial charge in [0.15, 0.2) is 9.84 Å². The van der Waals surface area contributed by atoms with E-state index in [1.54, 1.807) is 12.4 Å². The number of halogens is 1. The average Bonchev–Trinajstić information content (AvgIpc) is 2.81. The van der Waals surface area contributed by atoms with Crippen molar-refractivity contribution in [3.05, 3.63) is 52.3 Å². The van der Waals surface area contributed by atoms with Crippen LogP contribution >= 0.6 is 15.9 Å². The highest BCUT2D eigenvalue weighted by Crippen LogP contribution is 2.15. The van der Waals surface area contributed by atoms with Gasteiger partial charge in [0.2, 0.25) is 0 Å². The Kier molecular flexibility index (Phi) is 4.76. The zero-order chi connectivity index (χ0) is 13.7. The number of H-pyrrole nitrogens is 1. The molecule has 0 bridgehead atoms. The fraction of sp³-hybridized carbons (Fsp3) is 0.308. The highest BCUT2D eigenvalue weighted by molar-refractivity contribution is 9.10. The molecule has 0 aliphatic heterocycles. The first-order chi connectivity index (χ1) is 9.05. The van der Waals surface area contributed by atoms with E-state index in [9.17, 15) is 8.42 Å². The molecule has 4 nitrogen and oxygen atoms in total. The van der Waals surface area contributed by atoms with Gasteiger partial charge in [-0.2, -0.15) is 5.10 Å². The molecule has 0 atom stereocenters. The molecule has 0 aliphatic carbocycles. The normalized spacial score (nSPS) is 11.6. The van der Waals surface area contributed by atoms with Crippen molar-refractivity contribution in [2.75, 3.05) is 5.75 Å². The fourth-order valence-corrected chi connectivity index (χ4v) is 3.73. The lowest BCUT2D eigenvalue weighted by Gasteiger charge is -2.04. The van der Waals surface area contributed by atoms with Gasteiger partial charge in [0.1, 0.15) is 0 Å². The Morgan fingerprint density at radius 2 is 2.11 bits per heavy atom. The minimum atomic E-state index is -3.06. The topological polar surface area (TPSA) is 62.8 Å². The Morgan fingerprint density at radius 3 is 2.79 bits per heavy atom. The molecule has 0 aliphatic rings. The number of benzene rings is 1. The van der Waals surface area contributed by atoms with Crippen molar-refractivity contribution in [2.24, 2.45) is 0 Å². The molecule has 102 valence electrons. The van der Waals surface area contributed by atoms with E-state index in [0.29, 0.717) is 6.42 Å². The van der Waals surface area contributed by atoms with E-state index < -0.39 is 9.84 Å². The number of aromatic amines is 1. The van der Waals surface area contributed by atoms with Crippen LogP contribution in [0, 0.1) is 0 Å². The first-order valence-corrected chi connectivity index (χ1v) is 8.59. The molecule has 2 rings (SSSR count). The molecule has 1 aromatic carbocycles. The Hall–Kier alpha value is -1.14. The number of nitrogens with one attached hydrogen (secondary N) is 1. The number of hydrogen-bond donors (Lipinski definition) is 1. The van der Waals surface area contributed by atoms with E-state index in [0.717, 1.165) is 22.0 Å². The Labute approximate surface area is 121 Å². The summed E-state index contributed by atoms with van der Waals surface area (Å²) in [6.45, 7) is 0. The van der Waals surface area contributed by atoms with Crippen LogP contribution in [0.25, 0.3) is 0 Å². The summed E-state index contributed by atoms with van der Waals surface area (Å²) in [6, 6.07) is 7.40. The molecule has 2 aromatic rings. The van der Waals surface area contributed by atoms with Crippen molar-refractivity contribution in [3.63, 3.8) is 0 Å². The number of hydrogen-bond acceptors (Lipinski definition) is 3. The third-order valence-corrected chi connectivity index (χ3v) is 4.93. The van der Waals surface area contributed by atoms with Crippen LogP contribution in [0.4, 0.5) is 0 Å². The zero-order valence-electron chi connectivity index (χ0n) is 10.3. The second-order valence-electron chi connectivity index (χ2n) is 4.43. The summed E-state index contributed by atoms with van der Waals surface area (Å²) in [6.07, 6.45) is 4.87. The van der Waals surface area contributed by atoms with Gasteiger partial charge in [-0.3, -0.25) is 5.10 Å². The fourth-order valence-electron chi connectivity index (χ4n) is 1.86. The van der Waals surface area contributed by atoms with Crippen LogP contribution in [0.3, 0.4) is 0 Å². The van der Waals surface area contributed by atoms with Gasteiger partial charge in [-0.05, 0) is 36.1 Å². The third kappa shape index (κ3) is 4.80. The third-order valence-electron chi connectivity index (χ3n) is 2.75. The van der Waals surface area contributed by atoms with E-state index in [-0.39, 0.29) is 11.5 Å². The van der Waals surface area contributed by atoms with Gasteiger partial charge in [-0.25, -0.2) is 8.42 Å². The number of nitrogens with zero attached hydrogens (tertiary/aromatic N) is 1. The van der Waals surface area contributed by atoms with Crippen LogP contribution in [-0.4, -0.2) is 24.4 Å². The quantitative estimate of drug-likeness (QED) is 0.877. The summed E-state index contributed by atoms with van der Waals surface area (Å²) in [5, 5.41) is 6.55. The predicted octanol–water partition coefficient (Wildman–Crippen LogP) is 2.72. The van der Waals surface area contributed by atoms with Crippen molar-refractivity contribution in [2.45, 2.75) is 18.6 Å². The molecule has 19 heavy (non-hydrogen) atoms. The number of aryl methyl sites for hydroxylation is 1. The summed E-state index contributed by atoms with van der Waals surface area (Å²) >= 11 is 3.34.